The lowest BCUT2D eigenvalue weighted by molar-refractivity contribution is -0.688. The van der Waals surface area contributed by atoms with E-state index >= 15 is 0 Å². The Balaban J connectivity index is 1.48. The first-order chi connectivity index (χ1) is 19.3. The molecule has 1 aromatic carbocycles. The zero-order chi connectivity index (χ0) is 29.1. The molecule has 0 radical (unpaired) electrons. The Kier molecular flexibility index (Phi) is 16.0. The average Bonchev–Trinajstić information content (AvgIpc) is 2.92. The van der Waals surface area contributed by atoms with Crippen LogP contribution in [0.5, 0.6) is 0 Å². The zero-order valence-electron chi connectivity index (χ0n) is 25.2. The Morgan fingerprint density at radius 1 is 0.800 bits per heavy atom. The summed E-state index contributed by atoms with van der Waals surface area (Å²) in [4.78, 5) is 25.6. The molecule has 2 rings (SSSR count). The molecule has 0 aliphatic rings. The number of aromatic nitrogens is 1. The normalized spacial score (nSPS) is 11.3. The summed E-state index contributed by atoms with van der Waals surface area (Å²) in [5.41, 5.74) is 2.10. The van der Waals surface area contributed by atoms with E-state index < -0.39 is 5.60 Å². The van der Waals surface area contributed by atoms with Crippen LogP contribution in [0.1, 0.15) is 89.7 Å². The molecule has 7 nitrogen and oxygen atoms in total. The highest BCUT2D eigenvalue weighted by Crippen LogP contribution is 2.13. The van der Waals surface area contributed by atoms with Gasteiger partial charge in [0.15, 0.2) is 18.9 Å². The molecule has 0 bridgehead atoms. The molecule has 222 valence electrons. The molecule has 1 aromatic heterocycles. The van der Waals surface area contributed by atoms with Crippen molar-refractivity contribution in [2.24, 2.45) is 0 Å². The summed E-state index contributed by atoms with van der Waals surface area (Å²) in [6, 6.07) is 14.9. The summed E-state index contributed by atoms with van der Waals surface area (Å²) < 4.78 is 18.3. The number of esters is 1. The molecule has 1 heterocycles. The quantitative estimate of drug-likeness (QED) is 0.112. The predicted octanol–water partition coefficient (Wildman–Crippen LogP) is 6.50. The monoisotopic (exact) mass is 555 g/mol. The van der Waals surface area contributed by atoms with Gasteiger partial charge in [-0.1, -0.05) is 62.4 Å². The molecule has 0 aliphatic heterocycles. The number of hydrogen-bond acceptors (Lipinski definition) is 5. The Bertz CT molecular complexity index is 974. The van der Waals surface area contributed by atoms with Crippen molar-refractivity contribution in [1.29, 1.82) is 0 Å². The second-order valence-electron chi connectivity index (χ2n) is 11.4. The minimum atomic E-state index is -0.557. The van der Waals surface area contributed by atoms with Gasteiger partial charge in [0.25, 0.3) is 0 Å². The van der Waals surface area contributed by atoms with Crippen LogP contribution in [0.3, 0.4) is 0 Å². The van der Waals surface area contributed by atoms with E-state index in [0.29, 0.717) is 13.1 Å². The second-order valence-corrected chi connectivity index (χ2v) is 11.4. The van der Waals surface area contributed by atoms with Gasteiger partial charge in [0, 0.05) is 43.5 Å². The molecule has 7 heteroatoms. The maximum absolute atomic E-state index is 12.5. The Morgan fingerprint density at radius 2 is 1.45 bits per heavy atom. The van der Waals surface area contributed by atoms with Crippen LogP contribution in [0.25, 0.3) is 0 Å². The number of ether oxygens (including phenoxy) is 3. The minimum Gasteiger partial charge on any atom is -0.469 e. The molecule has 0 saturated carbocycles. The van der Waals surface area contributed by atoms with Crippen LogP contribution >= 0.6 is 0 Å². The number of rotatable bonds is 19. The van der Waals surface area contributed by atoms with Gasteiger partial charge in [0.2, 0.25) is 0 Å². The fourth-order valence-corrected chi connectivity index (χ4v) is 4.44. The molecule has 2 aromatic rings. The highest BCUT2D eigenvalue weighted by Gasteiger charge is 2.22. The van der Waals surface area contributed by atoms with Crippen molar-refractivity contribution >= 4 is 12.1 Å². The van der Waals surface area contributed by atoms with E-state index in [1.807, 2.05) is 20.8 Å². The van der Waals surface area contributed by atoms with Gasteiger partial charge in [-0.25, -0.2) is 9.36 Å². The molecular weight excluding hydrogens is 504 g/mol. The summed E-state index contributed by atoms with van der Waals surface area (Å²) in [5, 5.41) is 0. The maximum atomic E-state index is 12.5. The Morgan fingerprint density at radius 3 is 2.15 bits per heavy atom. The summed E-state index contributed by atoms with van der Waals surface area (Å²) >= 11 is 0. The van der Waals surface area contributed by atoms with Gasteiger partial charge in [-0.3, -0.25) is 4.79 Å². The first-order valence-corrected chi connectivity index (χ1v) is 14.9. The van der Waals surface area contributed by atoms with E-state index in [2.05, 4.69) is 59.4 Å². The van der Waals surface area contributed by atoms with Gasteiger partial charge >= 0.3 is 12.1 Å². The maximum Gasteiger partial charge on any atom is 0.410 e. The predicted molar refractivity (Wildman–Crippen MR) is 158 cm³/mol. The number of benzene rings is 1. The lowest BCUT2D eigenvalue weighted by atomic mass is 10.1. The zero-order valence-corrected chi connectivity index (χ0v) is 25.2. The van der Waals surface area contributed by atoms with Crippen molar-refractivity contribution < 1.29 is 28.4 Å². The van der Waals surface area contributed by atoms with E-state index in [1.165, 1.54) is 37.5 Å². The van der Waals surface area contributed by atoms with Gasteiger partial charge in [0.05, 0.1) is 13.5 Å². The molecule has 0 spiro atoms. The highest BCUT2D eigenvalue weighted by atomic mass is 16.6. The number of methoxy groups -OCH3 is 1. The third-order valence-corrected chi connectivity index (χ3v) is 6.56. The second kappa shape index (κ2) is 19.2. The number of nitrogens with zero attached hydrogens (tertiary/aromatic N) is 2. The van der Waals surface area contributed by atoms with Crippen molar-refractivity contribution in [1.82, 2.24) is 4.90 Å². The third-order valence-electron chi connectivity index (χ3n) is 6.56. The standard InChI is InChI=1S/C33H51N2O5/c1-33(2,3)40-32(37)35(24-21-31(36)38-4)23-13-8-6-5-7-9-14-25-39-26-16-20-30-19-15-22-34(28-30)27-29-17-11-10-12-18-29/h10-12,15,17-19,22,28H,5-9,13-14,16,20-21,23-27H2,1-4H3/q+1. The fourth-order valence-electron chi connectivity index (χ4n) is 4.44. The van der Waals surface area contributed by atoms with Crippen LogP contribution in [0.2, 0.25) is 0 Å². The molecule has 0 atom stereocenters. The topological polar surface area (TPSA) is 69.0 Å². The van der Waals surface area contributed by atoms with Crippen molar-refractivity contribution in [3.63, 3.8) is 0 Å². The van der Waals surface area contributed by atoms with Gasteiger partial charge in [-0.05, 0) is 52.5 Å². The lowest BCUT2D eigenvalue weighted by Crippen LogP contribution is -2.38. The van der Waals surface area contributed by atoms with Gasteiger partial charge < -0.3 is 19.1 Å². The summed E-state index contributed by atoms with van der Waals surface area (Å²) in [5.74, 6) is -0.319. The molecule has 0 unspecified atom stereocenters. The molecule has 0 aliphatic carbocycles. The van der Waals surface area contributed by atoms with Crippen LogP contribution < -0.4 is 4.57 Å². The van der Waals surface area contributed by atoms with Crippen molar-refractivity contribution in [3.8, 4) is 0 Å². The van der Waals surface area contributed by atoms with Crippen molar-refractivity contribution in [2.45, 2.75) is 97.1 Å². The molecule has 0 fully saturated rings. The summed E-state index contributed by atoms with van der Waals surface area (Å²) in [6.07, 6.45) is 14.0. The first kappa shape index (κ1) is 33.3. The Hall–Kier alpha value is -2.93. The highest BCUT2D eigenvalue weighted by molar-refractivity contribution is 5.72. The van der Waals surface area contributed by atoms with Crippen LogP contribution in [-0.4, -0.2) is 56.0 Å². The van der Waals surface area contributed by atoms with Crippen LogP contribution in [0.4, 0.5) is 4.79 Å². The number of hydrogen-bond donors (Lipinski definition) is 0. The van der Waals surface area contributed by atoms with E-state index in [4.69, 9.17) is 14.2 Å². The largest absolute Gasteiger partial charge is 0.469 e. The van der Waals surface area contributed by atoms with Crippen LogP contribution in [0.15, 0.2) is 54.9 Å². The fraction of sp³-hybridized carbons (Fsp3) is 0.606. The number of carbonyl (C=O) groups excluding carboxylic acids is 2. The average molecular weight is 556 g/mol. The van der Waals surface area contributed by atoms with Crippen molar-refractivity contribution in [3.05, 3.63) is 66.0 Å². The minimum absolute atomic E-state index is 0.179. The van der Waals surface area contributed by atoms with E-state index in [-0.39, 0.29) is 18.5 Å². The molecule has 0 N–H and O–H groups in total. The SMILES string of the molecule is COC(=O)CCN(CCCCCCCCCOCCCc1ccc[n+](Cc2ccccc2)c1)C(=O)OC(C)(C)C. The van der Waals surface area contributed by atoms with Gasteiger partial charge in [0.1, 0.15) is 5.60 Å². The number of carbonyl (C=O) groups is 2. The van der Waals surface area contributed by atoms with Crippen molar-refractivity contribution in [2.75, 3.05) is 33.4 Å². The third kappa shape index (κ3) is 15.6. The number of pyridine rings is 1. The first-order valence-electron chi connectivity index (χ1n) is 14.9. The Labute approximate surface area is 241 Å². The molecule has 40 heavy (non-hydrogen) atoms. The lowest BCUT2D eigenvalue weighted by Gasteiger charge is -2.27. The molecule has 0 saturated heterocycles. The number of amides is 1. The molecule has 1 amide bonds. The van der Waals surface area contributed by atoms with E-state index in [1.54, 1.807) is 4.90 Å². The van der Waals surface area contributed by atoms with Gasteiger partial charge in [-0.15, -0.1) is 0 Å². The number of unbranched alkanes of at least 4 members (excludes halogenated alkanes) is 6. The summed E-state index contributed by atoms with van der Waals surface area (Å²) in [7, 11) is 1.36. The van der Waals surface area contributed by atoms with Gasteiger partial charge in [-0.2, -0.15) is 0 Å². The van der Waals surface area contributed by atoms with E-state index in [9.17, 15) is 9.59 Å². The van der Waals surface area contributed by atoms with E-state index in [0.717, 1.165) is 58.3 Å². The number of aryl methyl sites for hydroxylation is 1. The smallest absolute Gasteiger partial charge is 0.410 e. The van der Waals surface area contributed by atoms with Crippen LogP contribution in [-0.2, 0) is 32.0 Å². The van der Waals surface area contributed by atoms with Crippen LogP contribution in [0, 0.1) is 0 Å². The molecular formula is C33H51N2O5+. The summed E-state index contributed by atoms with van der Waals surface area (Å²) in [6.45, 7) is 8.98.